The monoisotopic (exact) mass is 571 g/mol. The first-order valence-electron chi connectivity index (χ1n) is 13.3. The molecule has 2 aromatic carbocycles. The Morgan fingerprint density at radius 2 is 1.97 bits per heavy atom. The molecule has 2 heterocycles. The number of hydrogen-bond acceptors (Lipinski definition) is 5. The first kappa shape index (κ1) is 26.5. The lowest BCUT2D eigenvalue weighted by atomic mass is 9.94. The smallest absolute Gasteiger partial charge is 0.188 e. The predicted octanol–water partition coefficient (Wildman–Crippen LogP) is 5.56. The number of rotatable bonds is 12. The van der Waals surface area contributed by atoms with Gasteiger partial charge in [-0.1, -0.05) is 22.0 Å². The third-order valence-electron chi connectivity index (χ3n) is 7.44. The van der Waals surface area contributed by atoms with Crippen molar-refractivity contribution in [1.82, 2.24) is 14.5 Å². The number of aromatic nitrogens is 2. The van der Waals surface area contributed by atoms with Crippen LogP contribution in [0.1, 0.15) is 52.7 Å². The number of carbonyl (C=O) groups excluding carboxylic acids is 1. The largest absolute Gasteiger partial charge is 0.379 e. The third-order valence-corrected chi connectivity index (χ3v) is 7.93. The number of carbonyl (C=O) groups is 1. The SMILES string of the molecule is Cc1cc(Br)ccc1Cc1c(C(=O)COCC2CC2)cc2c(ncn2CCCCN2CCOCC2)c1F. The summed E-state index contributed by atoms with van der Waals surface area (Å²) < 4.78 is 30.1. The summed E-state index contributed by atoms with van der Waals surface area (Å²) in [5, 5.41) is 0. The van der Waals surface area contributed by atoms with Gasteiger partial charge in [0.1, 0.15) is 12.1 Å². The molecular formula is C29H35BrFN3O3. The second-order valence-electron chi connectivity index (χ2n) is 10.3. The molecule has 2 aliphatic rings. The van der Waals surface area contributed by atoms with Crippen LogP contribution in [0.5, 0.6) is 0 Å². The Morgan fingerprint density at radius 3 is 2.73 bits per heavy atom. The van der Waals surface area contributed by atoms with E-state index in [9.17, 15) is 4.79 Å². The Bertz CT molecular complexity index is 1250. The van der Waals surface area contributed by atoms with Crippen LogP contribution in [0.15, 0.2) is 35.1 Å². The highest BCUT2D eigenvalue weighted by atomic mass is 79.9. The molecule has 0 amide bonds. The second-order valence-corrected chi connectivity index (χ2v) is 11.2. The fourth-order valence-corrected chi connectivity index (χ4v) is 5.44. The highest BCUT2D eigenvalue weighted by Gasteiger charge is 2.25. The maximum atomic E-state index is 16.0. The lowest BCUT2D eigenvalue weighted by Crippen LogP contribution is -2.36. The van der Waals surface area contributed by atoms with Crippen LogP contribution in [-0.4, -0.2) is 66.3 Å². The summed E-state index contributed by atoms with van der Waals surface area (Å²) in [5.74, 6) is -0.0143. The van der Waals surface area contributed by atoms with Crippen molar-refractivity contribution >= 4 is 32.7 Å². The molecule has 1 aromatic heterocycles. The van der Waals surface area contributed by atoms with E-state index >= 15 is 4.39 Å². The predicted molar refractivity (Wildman–Crippen MR) is 146 cm³/mol. The van der Waals surface area contributed by atoms with E-state index in [1.807, 2.05) is 35.8 Å². The lowest BCUT2D eigenvalue weighted by molar-refractivity contribution is 0.0371. The highest BCUT2D eigenvalue weighted by molar-refractivity contribution is 9.10. The summed E-state index contributed by atoms with van der Waals surface area (Å²) in [6, 6.07) is 7.77. The minimum Gasteiger partial charge on any atom is -0.379 e. The molecule has 0 unspecified atom stereocenters. The number of Topliss-reactive ketones (excluding diaryl/α,β-unsaturated/α-hetero) is 1. The number of aryl methyl sites for hydroxylation is 2. The minimum absolute atomic E-state index is 0.0263. The molecule has 1 aliphatic carbocycles. The van der Waals surface area contributed by atoms with E-state index < -0.39 is 5.82 Å². The Labute approximate surface area is 226 Å². The molecule has 0 radical (unpaired) electrons. The lowest BCUT2D eigenvalue weighted by Gasteiger charge is -2.26. The van der Waals surface area contributed by atoms with Crippen molar-refractivity contribution in [2.75, 3.05) is 46.1 Å². The van der Waals surface area contributed by atoms with Crippen LogP contribution < -0.4 is 0 Å². The zero-order valence-corrected chi connectivity index (χ0v) is 23.1. The molecule has 1 aliphatic heterocycles. The van der Waals surface area contributed by atoms with Crippen molar-refractivity contribution in [2.24, 2.45) is 5.92 Å². The van der Waals surface area contributed by atoms with Gasteiger partial charge in [-0.25, -0.2) is 9.37 Å². The van der Waals surface area contributed by atoms with Crippen LogP contribution in [0.25, 0.3) is 11.0 Å². The van der Waals surface area contributed by atoms with E-state index in [1.54, 1.807) is 6.33 Å². The van der Waals surface area contributed by atoms with Gasteiger partial charge in [0.15, 0.2) is 11.6 Å². The number of unbranched alkanes of at least 4 members (excludes halogenated alkanes) is 1. The Hall–Kier alpha value is -2.13. The molecule has 0 bridgehead atoms. The van der Waals surface area contributed by atoms with Gasteiger partial charge in [-0.2, -0.15) is 0 Å². The van der Waals surface area contributed by atoms with Crippen molar-refractivity contribution in [3.05, 3.63) is 63.1 Å². The van der Waals surface area contributed by atoms with E-state index in [2.05, 4.69) is 25.8 Å². The van der Waals surface area contributed by atoms with Gasteiger partial charge in [0, 0.05) is 41.7 Å². The van der Waals surface area contributed by atoms with Crippen molar-refractivity contribution in [1.29, 1.82) is 0 Å². The fourth-order valence-electron chi connectivity index (χ4n) is 4.97. The maximum Gasteiger partial charge on any atom is 0.188 e. The van der Waals surface area contributed by atoms with Gasteiger partial charge < -0.3 is 14.0 Å². The number of ketones is 1. The van der Waals surface area contributed by atoms with E-state index in [0.717, 1.165) is 80.7 Å². The molecule has 6 nitrogen and oxygen atoms in total. The van der Waals surface area contributed by atoms with Crippen LogP contribution in [0.3, 0.4) is 0 Å². The van der Waals surface area contributed by atoms with Gasteiger partial charge in [0.2, 0.25) is 0 Å². The molecule has 1 saturated carbocycles. The summed E-state index contributed by atoms with van der Waals surface area (Å²) in [5.41, 5.74) is 3.83. The first-order valence-corrected chi connectivity index (χ1v) is 14.1. The van der Waals surface area contributed by atoms with Gasteiger partial charge in [0.05, 0.1) is 31.7 Å². The zero-order valence-electron chi connectivity index (χ0n) is 21.5. The van der Waals surface area contributed by atoms with Crippen LogP contribution >= 0.6 is 15.9 Å². The fraction of sp³-hybridized carbons (Fsp3) is 0.517. The standard InChI is InChI=1S/C29H35BrFN3O3/c1-20-14-23(30)7-6-22(20)15-25-24(27(35)18-37-17-21-4-5-21)16-26-29(28(25)31)32-19-34(26)9-3-2-8-33-10-12-36-13-11-33/h6-7,14,16,19,21H,2-5,8-13,15,17-18H2,1H3. The van der Waals surface area contributed by atoms with Crippen LogP contribution in [0, 0.1) is 18.7 Å². The van der Waals surface area contributed by atoms with Crippen molar-refractivity contribution in [2.45, 2.75) is 45.6 Å². The number of benzene rings is 2. The van der Waals surface area contributed by atoms with Gasteiger partial charge in [-0.05, 0) is 74.4 Å². The van der Waals surface area contributed by atoms with Crippen molar-refractivity contribution in [3.8, 4) is 0 Å². The molecule has 0 atom stereocenters. The van der Waals surface area contributed by atoms with E-state index in [1.165, 1.54) is 0 Å². The van der Waals surface area contributed by atoms with Gasteiger partial charge in [0.25, 0.3) is 0 Å². The second kappa shape index (κ2) is 12.2. The van der Waals surface area contributed by atoms with Gasteiger partial charge in [-0.3, -0.25) is 9.69 Å². The molecule has 0 N–H and O–H groups in total. The normalized spacial score (nSPS) is 16.5. The first-order chi connectivity index (χ1) is 18.0. The van der Waals surface area contributed by atoms with Crippen LogP contribution in [0.2, 0.25) is 0 Å². The molecule has 198 valence electrons. The van der Waals surface area contributed by atoms with Gasteiger partial charge >= 0.3 is 0 Å². The molecule has 37 heavy (non-hydrogen) atoms. The quantitative estimate of drug-likeness (QED) is 0.210. The minimum atomic E-state index is -0.405. The van der Waals surface area contributed by atoms with Crippen LogP contribution in [0.4, 0.5) is 4.39 Å². The third kappa shape index (κ3) is 6.66. The summed E-state index contributed by atoms with van der Waals surface area (Å²) in [6.45, 7) is 7.90. The molecule has 0 spiro atoms. The van der Waals surface area contributed by atoms with Crippen molar-refractivity contribution in [3.63, 3.8) is 0 Å². The molecular weight excluding hydrogens is 537 g/mol. The maximum absolute atomic E-state index is 16.0. The molecule has 5 rings (SSSR count). The Kier molecular flexibility index (Phi) is 8.70. The van der Waals surface area contributed by atoms with Gasteiger partial charge in [-0.15, -0.1) is 0 Å². The number of ether oxygens (including phenoxy) is 2. The molecule has 3 aromatic rings. The molecule has 1 saturated heterocycles. The number of hydrogen-bond donors (Lipinski definition) is 0. The summed E-state index contributed by atoms with van der Waals surface area (Å²) in [6.07, 6.45) is 6.36. The summed E-state index contributed by atoms with van der Waals surface area (Å²) in [7, 11) is 0. The Morgan fingerprint density at radius 1 is 1.19 bits per heavy atom. The average Bonchev–Trinajstić information content (AvgIpc) is 3.63. The van der Waals surface area contributed by atoms with E-state index in [0.29, 0.717) is 41.1 Å². The number of fused-ring (bicyclic) bond motifs is 1. The van der Waals surface area contributed by atoms with Crippen molar-refractivity contribution < 1.29 is 18.7 Å². The highest BCUT2D eigenvalue weighted by Crippen LogP contribution is 2.30. The molecule has 2 fully saturated rings. The summed E-state index contributed by atoms with van der Waals surface area (Å²) in [4.78, 5) is 20.2. The Balaban J connectivity index is 1.37. The topological polar surface area (TPSA) is 56.6 Å². The van der Waals surface area contributed by atoms with Crippen LogP contribution in [-0.2, 0) is 22.4 Å². The average molecular weight is 573 g/mol. The summed E-state index contributed by atoms with van der Waals surface area (Å²) >= 11 is 3.50. The molecule has 8 heteroatoms. The van der Waals surface area contributed by atoms with E-state index in [4.69, 9.17) is 9.47 Å². The number of morpholine rings is 1. The zero-order chi connectivity index (χ0) is 25.8. The number of imidazole rings is 1. The number of halogens is 2. The van der Waals surface area contributed by atoms with E-state index in [-0.39, 0.29) is 12.4 Å². The number of nitrogens with zero attached hydrogens (tertiary/aromatic N) is 3.